The van der Waals surface area contributed by atoms with E-state index in [0.29, 0.717) is 11.8 Å². The highest BCUT2D eigenvalue weighted by Crippen LogP contribution is 2.30. The number of halogens is 2. The van der Waals surface area contributed by atoms with Crippen molar-refractivity contribution < 1.29 is 18.4 Å². The van der Waals surface area contributed by atoms with E-state index in [-0.39, 0.29) is 28.6 Å². The first-order chi connectivity index (χ1) is 12.9. The molecule has 0 aliphatic carbocycles. The molecule has 2 amide bonds. The van der Waals surface area contributed by atoms with E-state index in [0.717, 1.165) is 12.1 Å². The topological polar surface area (TPSA) is 104 Å². The number of fused-ring (bicyclic) bond motifs is 1. The molecule has 0 fully saturated rings. The molecule has 2 heterocycles. The van der Waals surface area contributed by atoms with Crippen molar-refractivity contribution in [3.8, 4) is 0 Å². The van der Waals surface area contributed by atoms with Crippen molar-refractivity contribution in [3.63, 3.8) is 0 Å². The molecule has 1 aromatic carbocycles. The number of anilines is 2. The molecule has 3 N–H and O–H groups in total. The van der Waals surface area contributed by atoms with Gasteiger partial charge in [-0.05, 0) is 12.1 Å². The van der Waals surface area contributed by atoms with E-state index >= 15 is 0 Å². The number of amides is 2. The highest BCUT2D eigenvalue weighted by molar-refractivity contribution is 7.99. The van der Waals surface area contributed by atoms with Crippen molar-refractivity contribution >= 4 is 35.1 Å². The van der Waals surface area contributed by atoms with Gasteiger partial charge in [-0.25, -0.2) is 13.8 Å². The molecule has 27 heavy (non-hydrogen) atoms. The average Bonchev–Trinajstić information content (AvgIpc) is 2.57. The summed E-state index contributed by atoms with van der Waals surface area (Å²) in [5.74, 6) is -3.63. The average molecular weight is 392 g/mol. The molecule has 2 aromatic rings. The summed E-state index contributed by atoms with van der Waals surface area (Å²) in [6.07, 6.45) is 1.33. The van der Waals surface area contributed by atoms with Gasteiger partial charge < -0.3 is 15.6 Å². The van der Waals surface area contributed by atoms with Gasteiger partial charge in [0.1, 0.15) is 17.5 Å². The first-order valence-corrected chi connectivity index (χ1v) is 8.80. The molecular weight excluding hydrogens is 378 g/mol. The Hall–Kier alpha value is -3.01. The SMILES string of the molecule is C=CCSc1nc2c(c(=O)[nH]1)[C@@H](C(=O)Nc1cc(F)cc(F)c1)CC(=O)N2. The first-order valence-electron chi connectivity index (χ1n) is 7.82. The standard InChI is InChI=1S/C17H14F2N4O3S/c1-2-3-27-17-22-14-13(16(26)23-17)11(7-12(24)21-14)15(25)20-10-5-8(18)4-9(19)6-10/h2,4-6,11H,1,3,7H2,(H,20,25)(H2,21,22,23,24,26)/t11-/m0/s1. The third-order valence-electron chi connectivity index (χ3n) is 3.71. The number of nitrogens with one attached hydrogen (secondary N) is 3. The summed E-state index contributed by atoms with van der Waals surface area (Å²) in [5, 5.41) is 5.08. The molecule has 0 bridgehead atoms. The lowest BCUT2D eigenvalue weighted by Crippen LogP contribution is -2.36. The molecule has 0 unspecified atom stereocenters. The number of carbonyl (C=O) groups is 2. The Labute approximate surface area is 156 Å². The van der Waals surface area contributed by atoms with Crippen molar-refractivity contribution in [3.05, 3.63) is 58.4 Å². The van der Waals surface area contributed by atoms with Gasteiger partial charge in [-0.2, -0.15) is 0 Å². The van der Waals surface area contributed by atoms with E-state index < -0.39 is 34.9 Å². The fraction of sp³-hybridized carbons (Fsp3) is 0.176. The van der Waals surface area contributed by atoms with Gasteiger partial charge in [0.05, 0.1) is 11.5 Å². The number of aromatic nitrogens is 2. The third kappa shape index (κ3) is 4.22. The lowest BCUT2D eigenvalue weighted by Gasteiger charge is -2.23. The molecule has 0 spiro atoms. The number of benzene rings is 1. The van der Waals surface area contributed by atoms with Crippen molar-refractivity contribution in [1.82, 2.24) is 9.97 Å². The Morgan fingerprint density at radius 3 is 2.70 bits per heavy atom. The quantitative estimate of drug-likeness (QED) is 0.412. The van der Waals surface area contributed by atoms with E-state index in [1.54, 1.807) is 6.08 Å². The van der Waals surface area contributed by atoms with Gasteiger partial charge >= 0.3 is 0 Å². The number of carbonyl (C=O) groups excluding carboxylic acids is 2. The van der Waals surface area contributed by atoms with Crippen molar-refractivity contribution in [2.45, 2.75) is 17.5 Å². The van der Waals surface area contributed by atoms with Crippen LogP contribution in [0.5, 0.6) is 0 Å². The lowest BCUT2D eigenvalue weighted by atomic mass is 9.92. The predicted molar refractivity (Wildman–Crippen MR) is 96.8 cm³/mol. The molecule has 7 nitrogen and oxygen atoms in total. The summed E-state index contributed by atoms with van der Waals surface area (Å²) in [4.78, 5) is 43.7. The van der Waals surface area contributed by atoms with Crippen LogP contribution in [0.4, 0.5) is 20.3 Å². The molecule has 1 aliphatic heterocycles. The van der Waals surface area contributed by atoms with Gasteiger partial charge in [0.2, 0.25) is 11.8 Å². The fourth-order valence-electron chi connectivity index (χ4n) is 2.64. The maximum absolute atomic E-state index is 13.3. The highest BCUT2D eigenvalue weighted by atomic mass is 32.2. The van der Waals surface area contributed by atoms with E-state index in [1.807, 2.05) is 0 Å². The van der Waals surface area contributed by atoms with E-state index in [9.17, 15) is 23.2 Å². The van der Waals surface area contributed by atoms with Crippen molar-refractivity contribution in [2.24, 2.45) is 0 Å². The summed E-state index contributed by atoms with van der Waals surface area (Å²) in [6.45, 7) is 3.57. The number of aromatic amines is 1. The molecule has 0 saturated heterocycles. The molecule has 1 aromatic heterocycles. The minimum Gasteiger partial charge on any atom is -0.325 e. The van der Waals surface area contributed by atoms with Crippen LogP contribution < -0.4 is 16.2 Å². The third-order valence-corrected chi connectivity index (χ3v) is 4.58. The molecule has 140 valence electrons. The second-order valence-corrected chi connectivity index (χ2v) is 6.69. The van der Waals surface area contributed by atoms with E-state index in [4.69, 9.17) is 0 Å². The minimum absolute atomic E-state index is 0.00728. The number of nitrogens with zero attached hydrogens (tertiary/aromatic N) is 1. The monoisotopic (exact) mass is 392 g/mol. The van der Waals surface area contributed by atoms with Crippen LogP contribution in [0.1, 0.15) is 17.9 Å². The maximum Gasteiger partial charge on any atom is 0.257 e. The minimum atomic E-state index is -1.14. The summed E-state index contributed by atoms with van der Waals surface area (Å²) < 4.78 is 26.6. The smallest absolute Gasteiger partial charge is 0.257 e. The van der Waals surface area contributed by atoms with Crippen LogP contribution in [-0.4, -0.2) is 27.5 Å². The zero-order valence-electron chi connectivity index (χ0n) is 13.8. The summed E-state index contributed by atoms with van der Waals surface area (Å²) >= 11 is 1.20. The predicted octanol–water partition coefficient (Wildman–Crippen LogP) is 2.39. The van der Waals surface area contributed by atoms with Crippen LogP contribution in [0.2, 0.25) is 0 Å². The largest absolute Gasteiger partial charge is 0.325 e. The van der Waals surface area contributed by atoms with Gasteiger partial charge in [0.25, 0.3) is 5.56 Å². The van der Waals surface area contributed by atoms with Crippen LogP contribution in [-0.2, 0) is 9.59 Å². The van der Waals surface area contributed by atoms with Gasteiger partial charge in [-0.3, -0.25) is 14.4 Å². The van der Waals surface area contributed by atoms with Gasteiger partial charge in [0.15, 0.2) is 5.16 Å². The molecule has 0 saturated carbocycles. The number of hydrogen-bond donors (Lipinski definition) is 3. The zero-order valence-corrected chi connectivity index (χ0v) is 14.7. The molecular formula is C17H14F2N4O3S. The Bertz CT molecular complexity index is 972. The fourth-order valence-corrected chi connectivity index (χ4v) is 3.23. The van der Waals surface area contributed by atoms with Gasteiger partial charge in [-0.15, -0.1) is 6.58 Å². The van der Waals surface area contributed by atoms with E-state index in [2.05, 4.69) is 27.2 Å². The molecule has 10 heteroatoms. The second kappa shape index (κ2) is 7.70. The van der Waals surface area contributed by atoms with Crippen molar-refractivity contribution in [2.75, 3.05) is 16.4 Å². The molecule has 1 aliphatic rings. The number of H-pyrrole nitrogens is 1. The molecule has 3 rings (SSSR count). The van der Waals surface area contributed by atoms with Gasteiger partial charge in [-0.1, -0.05) is 17.8 Å². The zero-order chi connectivity index (χ0) is 19.6. The number of thioether (sulfide) groups is 1. The summed E-state index contributed by atoms with van der Waals surface area (Å²) in [6, 6.07) is 2.53. The summed E-state index contributed by atoms with van der Waals surface area (Å²) in [5.41, 5.74) is -0.698. The molecule has 1 atom stereocenters. The summed E-state index contributed by atoms with van der Waals surface area (Å²) in [7, 11) is 0. The van der Waals surface area contributed by atoms with Gasteiger partial charge in [0, 0.05) is 23.9 Å². The van der Waals surface area contributed by atoms with Crippen LogP contribution in [0, 0.1) is 11.6 Å². The van der Waals surface area contributed by atoms with Crippen LogP contribution in [0.3, 0.4) is 0 Å². The normalized spacial score (nSPS) is 15.6. The number of rotatable bonds is 5. The first kappa shape index (κ1) is 18.8. The maximum atomic E-state index is 13.3. The Morgan fingerprint density at radius 2 is 2.04 bits per heavy atom. The van der Waals surface area contributed by atoms with Crippen molar-refractivity contribution in [1.29, 1.82) is 0 Å². The second-order valence-electron chi connectivity index (χ2n) is 5.69. The highest BCUT2D eigenvalue weighted by Gasteiger charge is 2.34. The van der Waals surface area contributed by atoms with Crippen LogP contribution >= 0.6 is 11.8 Å². The Balaban J connectivity index is 1.93. The van der Waals surface area contributed by atoms with Crippen LogP contribution in [0.15, 0.2) is 40.8 Å². The number of hydrogen-bond acceptors (Lipinski definition) is 5. The van der Waals surface area contributed by atoms with E-state index in [1.165, 1.54) is 11.8 Å². The van der Waals surface area contributed by atoms with Crippen LogP contribution in [0.25, 0.3) is 0 Å². The Morgan fingerprint density at radius 1 is 1.33 bits per heavy atom. The lowest BCUT2D eigenvalue weighted by molar-refractivity contribution is -0.123. The Kier molecular flexibility index (Phi) is 5.36. The molecule has 0 radical (unpaired) electrons.